The van der Waals surface area contributed by atoms with Crippen LogP contribution in [0.25, 0.3) is 0 Å². The maximum Gasteiger partial charge on any atom is 0.342 e. The molecule has 0 unspecified atom stereocenters. The Hall–Kier alpha value is -2.94. The molecule has 35 heavy (non-hydrogen) atoms. The van der Waals surface area contributed by atoms with Crippen molar-refractivity contribution in [3.8, 4) is 5.75 Å². The maximum atomic E-state index is 13.2. The Morgan fingerprint density at radius 2 is 1.66 bits per heavy atom. The number of carbonyl (C=O) groups is 2. The number of anilines is 2. The van der Waals surface area contributed by atoms with Gasteiger partial charge < -0.3 is 9.47 Å². The van der Waals surface area contributed by atoms with Crippen LogP contribution in [0.15, 0.2) is 42.5 Å². The molecule has 1 saturated carbocycles. The molecule has 0 atom stereocenters. The number of urea groups is 1. The zero-order valence-electron chi connectivity index (χ0n) is 20.2. The molecule has 8 heteroatoms. The lowest BCUT2D eigenvalue weighted by Crippen LogP contribution is -2.83. The van der Waals surface area contributed by atoms with Crippen molar-refractivity contribution in [1.82, 2.24) is 4.90 Å². The molecule has 3 amide bonds. The standard InChI is InChI=1S/C27H32N4O4/c1-28-25(32)19-5-7-22(8-6-19)30-15-16-31(26(30)33)23-9-10-24-20(17-23)18-34-27(35-24)11-13-29(14-12-27)21-3-2-4-21/h5-10,17,21H,2-4,11-16,18H2,1H3,(H,28,32)/p+1. The van der Waals surface area contributed by atoms with E-state index in [1.54, 1.807) is 34.3 Å². The predicted molar refractivity (Wildman–Crippen MR) is 132 cm³/mol. The van der Waals surface area contributed by atoms with Crippen LogP contribution in [0.3, 0.4) is 0 Å². The van der Waals surface area contributed by atoms with Crippen molar-refractivity contribution in [3.05, 3.63) is 53.6 Å². The highest BCUT2D eigenvalue weighted by molar-refractivity contribution is 6.06. The number of primary amides is 1. The molecule has 0 radical (unpaired) electrons. The van der Waals surface area contributed by atoms with Crippen molar-refractivity contribution in [3.63, 3.8) is 0 Å². The third kappa shape index (κ3) is 4.09. The Labute approximate surface area is 205 Å². The number of fused-ring (bicyclic) bond motifs is 1. The van der Waals surface area contributed by atoms with Gasteiger partial charge in [0.1, 0.15) is 5.75 Å². The van der Waals surface area contributed by atoms with E-state index in [1.165, 1.54) is 19.3 Å². The highest BCUT2D eigenvalue weighted by Crippen LogP contribution is 2.41. The van der Waals surface area contributed by atoms with Gasteiger partial charge in [0.25, 0.3) is 0 Å². The summed E-state index contributed by atoms with van der Waals surface area (Å²) in [6.07, 6.45) is 5.80. The zero-order chi connectivity index (χ0) is 24.0. The van der Waals surface area contributed by atoms with Crippen LogP contribution < -0.4 is 19.9 Å². The van der Waals surface area contributed by atoms with Crippen LogP contribution in [0.2, 0.25) is 0 Å². The molecule has 0 bridgehead atoms. The summed E-state index contributed by atoms with van der Waals surface area (Å²) in [5.41, 5.74) is 3.26. The number of ether oxygens (including phenoxy) is 2. The van der Waals surface area contributed by atoms with Gasteiger partial charge in [-0.15, -0.1) is 0 Å². The van der Waals surface area contributed by atoms with Crippen LogP contribution in [0.4, 0.5) is 16.2 Å². The number of carbonyl (C=O) groups excluding carboxylic acids is 2. The fourth-order valence-corrected chi connectivity index (χ4v) is 5.60. The predicted octanol–water partition coefficient (Wildman–Crippen LogP) is 2.72. The monoisotopic (exact) mass is 477 g/mol. The normalized spacial score (nSPS) is 22.1. The summed E-state index contributed by atoms with van der Waals surface area (Å²) < 4.78 is 12.7. The Morgan fingerprint density at radius 3 is 2.31 bits per heavy atom. The molecule has 2 N–H and O–H groups in total. The van der Waals surface area contributed by atoms with E-state index >= 15 is 0 Å². The van der Waals surface area contributed by atoms with E-state index in [0.29, 0.717) is 25.3 Å². The molecule has 2 aromatic carbocycles. The number of quaternary nitrogens is 1. The Morgan fingerprint density at radius 1 is 0.971 bits per heavy atom. The van der Waals surface area contributed by atoms with Crippen molar-refractivity contribution >= 4 is 23.3 Å². The van der Waals surface area contributed by atoms with E-state index in [0.717, 1.165) is 54.7 Å². The van der Waals surface area contributed by atoms with Crippen LogP contribution >= 0.6 is 0 Å². The Kier molecular flexibility index (Phi) is 5.75. The van der Waals surface area contributed by atoms with Crippen molar-refractivity contribution < 1.29 is 24.4 Å². The van der Waals surface area contributed by atoms with E-state index in [9.17, 15) is 9.59 Å². The molecule has 0 aromatic heterocycles. The van der Waals surface area contributed by atoms with Crippen LogP contribution in [0.5, 0.6) is 5.75 Å². The molecule has 2 aromatic rings. The smallest absolute Gasteiger partial charge is 0.342 e. The average molecular weight is 478 g/mol. The lowest BCUT2D eigenvalue weighted by molar-refractivity contribution is -0.523. The lowest BCUT2D eigenvalue weighted by atomic mass is 9.89. The summed E-state index contributed by atoms with van der Waals surface area (Å²) in [4.78, 5) is 31.2. The first kappa shape index (κ1) is 22.5. The minimum atomic E-state index is -0.516. The summed E-state index contributed by atoms with van der Waals surface area (Å²) in [5.74, 6) is 0.335. The van der Waals surface area contributed by atoms with Gasteiger partial charge in [0.05, 0.1) is 19.2 Å². The number of rotatable bonds is 4. The minimum Gasteiger partial charge on any atom is -0.462 e. The highest BCUT2D eigenvalue weighted by atomic mass is 16.7. The highest BCUT2D eigenvalue weighted by Gasteiger charge is 2.43. The summed E-state index contributed by atoms with van der Waals surface area (Å²) in [6.45, 7) is 3.76. The van der Waals surface area contributed by atoms with E-state index < -0.39 is 5.79 Å². The van der Waals surface area contributed by atoms with Crippen molar-refractivity contribution in [2.24, 2.45) is 0 Å². The van der Waals surface area contributed by atoms with Crippen molar-refractivity contribution in [2.75, 3.05) is 43.0 Å². The fraction of sp³-hybridized carbons (Fsp3) is 0.481. The quantitative estimate of drug-likeness (QED) is 0.733. The molecular formula is C27H33N4O4+. The molecule has 3 aliphatic heterocycles. The SMILES string of the molecule is C[NH2+]C(=O)c1ccc(N2CCN(c3ccc4c(c3)COC3(CCN(C5CCC5)CC3)O4)C2=O)cc1. The molecule has 1 spiro atoms. The van der Waals surface area contributed by atoms with Gasteiger partial charge in [-0.05, 0) is 55.3 Å². The summed E-state index contributed by atoms with van der Waals surface area (Å²) in [6, 6.07) is 13.9. The van der Waals surface area contributed by atoms with E-state index in [2.05, 4.69) is 4.90 Å². The molecule has 184 valence electrons. The minimum absolute atomic E-state index is 0.0184. The first-order chi connectivity index (χ1) is 17.0. The molecule has 4 aliphatic rings. The topological polar surface area (TPSA) is 78.9 Å². The van der Waals surface area contributed by atoms with Gasteiger partial charge >= 0.3 is 11.9 Å². The lowest BCUT2D eigenvalue weighted by Gasteiger charge is -2.47. The number of nitrogens with two attached hydrogens (primary N) is 1. The molecule has 3 fully saturated rings. The second kappa shape index (κ2) is 8.93. The molecule has 3 heterocycles. The van der Waals surface area contributed by atoms with Crippen LogP contribution in [0.1, 0.15) is 48.0 Å². The van der Waals surface area contributed by atoms with E-state index in [-0.39, 0.29) is 11.9 Å². The van der Waals surface area contributed by atoms with E-state index in [4.69, 9.17) is 9.47 Å². The van der Waals surface area contributed by atoms with Gasteiger partial charge in [-0.25, -0.2) is 9.59 Å². The van der Waals surface area contributed by atoms with Gasteiger partial charge in [0.15, 0.2) is 0 Å². The van der Waals surface area contributed by atoms with Gasteiger partial charge in [-0.3, -0.25) is 20.0 Å². The summed E-state index contributed by atoms with van der Waals surface area (Å²) in [5, 5.41) is 1.54. The van der Waals surface area contributed by atoms with Crippen molar-refractivity contribution in [2.45, 2.75) is 50.5 Å². The molecule has 8 nitrogen and oxygen atoms in total. The van der Waals surface area contributed by atoms with Gasteiger partial charge in [0.2, 0.25) is 5.79 Å². The van der Waals surface area contributed by atoms with Crippen LogP contribution in [0, 0.1) is 0 Å². The Bertz CT molecular complexity index is 1120. The summed E-state index contributed by atoms with van der Waals surface area (Å²) in [7, 11) is 1.73. The first-order valence-corrected chi connectivity index (χ1v) is 12.8. The second-order valence-electron chi connectivity index (χ2n) is 10.00. The van der Waals surface area contributed by atoms with E-state index in [1.807, 2.05) is 30.3 Å². The van der Waals surface area contributed by atoms with Crippen LogP contribution in [-0.4, -0.2) is 61.9 Å². The largest absolute Gasteiger partial charge is 0.462 e. The number of likely N-dealkylation sites (tertiary alicyclic amines) is 1. The van der Waals surface area contributed by atoms with Gasteiger partial charge in [0, 0.05) is 62.0 Å². The number of amides is 3. The second-order valence-corrected chi connectivity index (χ2v) is 10.00. The van der Waals surface area contributed by atoms with Gasteiger partial charge in [-0.2, -0.15) is 0 Å². The summed E-state index contributed by atoms with van der Waals surface area (Å²) >= 11 is 0. The number of nitrogens with zero attached hydrogens (tertiary/aromatic N) is 3. The van der Waals surface area contributed by atoms with Crippen molar-refractivity contribution in [1.29, 1.82) is 0 Å². The third-order valence-electron chi connectivity index (χ3n) is 8.03. The fourth-order valence-electron chi connectivity index (χ4n) is 5.60. The van der Waals surface area contributed by atoms with Gasteiger partial charge in [-0.1, -0.05) is 6.42 Å². The molecule has 2 saturated heterocycles. The number of hydrogen-bond donors (Lipinski definition) is 1. The Balaban J connectivity index is 1.12. The average Bonchev–Trinajstić information content (AvgIpc) is 3.25. The first-order valence-electron chi connectivity index (χ1n) is 12.8. The number of hydrogen-bond acceptors (Lipinski definition) is 5. The molecular weight excluding hydrogens is 444 g/mol. The molecule has 6 rings (SSSR count). The molecule has 1 aliphatic carbocycles. The third-order valence-corrected chi connectivity index (χ3v) is 8.03. The van der Waals surface area contributed by atoms with Crippen LogP contribution in [-0.2, 0) is 11.3 Å². The number of benzene rings is 2. The maximum absolute atomic E-state index is 13.2. The number of piperidine rings is 1. The zero-order valence-corrected chi connectivity index (χ0v) is 20.2.